The van der Waals surface area contributed by atoms with Crippen molar-refractivity contribution in [3.8, 4) is 17.2 Å². The molecule has 4 aromatic rings. The van der Waals surface area contributed by atoms with E-state index in [4.69, 9.17) is 21.1 Å². The van der Waals surface area contributed by atoms with E-state index in [1.54, 1.807) is 54.6 Å². The Morgan fingerprint density at radius 1 is 0.825 bits per heavy atom. The van der Waals surface area contributed by atoms with Crippen molar-refractivity contribution in [1.82, 2.24) is 4.90 Å². The van der Waals surface area contributed by atoms with Gasteiger partial charge in [0.25, 0.3) is 11.7 Å². The van der Waals surface area contributed by atoms with E-state index in [1.807, 2.05) is 48.5 Å². The van der Waals surface area contributed by atoms with Gasteiger partial charge in [-0.2, -0.15) is 0 Å². The van der Waals surface area contributed by atoms with E-state index in [0.717, 1.165) is 5.56 Å². The first-order valence-corrected chi connectivity index (χ1v) is 13.0. The lowest BCUT2D eigenvalue weighted by Crippen LogP contribution is -2.32. The van der Waals surface area contributed by atoms with Crippen LogP contribution in [-0.4, -0.2) is 40.0 Å². The van der Waals surface area contributed by atoms with E-state index >= 15 is 0 Å². The van der Waals surface area contributed by atoms with Gasteiger partial charge in [-0.1, -0.05) is 72.3 Å². The number of aliphatic hydroxyl groups excluding tert-OH is 2. The molecule has 0 bridgehead atoms. The summed E-state index contributed by atoms with van der Waals surface area (Å²) in [5.74, 6) is -0.426. The van der Waals surface area contributed by atoms with Gasteiger partial charge in [-0.25, -0.2) is 0 Å². The second kappa shape index (κ2) is 12.1. The number of carbonyl (C=O) groups excluding carboxylic acids is 2. The van der Waals surface area contributed by atoms with Crippen molar-refractivity contribution in [1.29, 1.82) is 0 Å². The molecule has 0 saturated carbocycles. The highest BCUT2D eigenvalue weighted by Gasteiger charge is 2.46. The lowest BCUT2D eigenvalue weighted by Gasteiger charge is -2.25. The fraction of sp³-hybridized carbons (Fsp3) is 0.125. The van der Waals surface area contributed by atoms with E-state index in [9.17, 15) is 19.8 Å². The van der Waals surface area contributed by atoms with Crippen LogP contribution in [0.15, 0.2) is 109 Å². The molecule has 1 amide bonds. The highest BCUT2D eigenvalue weighted by molar-refractivity contribution is 6.46. The first-order valence-electron chi connectivity index (χ1n) is 12.6. The van der Waals surface area contributed by atoms with Crippen molar-refractivity contribution in [2.45, 2.75) is 12.6 Å². The Morgan fingerprint density at radius 2 is 1.52 bits per heavy atom. The van der Waals surface area contributed by atoms with Crippen LogP contribution in [0.2, 0.25) is 5.02 Å². The molecule has 1 fully saturated rings. The van der Waals surface area contributed by atoms with Crippen LogP contribution >= 0.6 is 11.6 Å². The molecule has 0 aromatic heterocycles. The second-order valence-corrected chi connectivity index (χ2v) is 9.52. The third-order valence-corrected chi connectivity index (χ3v) is 6.86. The minimum atomic E-state index is -0.931. The van der Waals surface area contributed by atoms with Crippen LogP contribution in [0.1, 0.15) is 22.7 Å². The predicted molar refractivity (Wildman–Crippen MR) is 151 cm³/mol. The number of β-amino-alcohol motifs (C(OH)–C–C–N with tert-alkyl or cyclic N) is 1. The number of rotatable bonds is 9. The first kappa shape index (κ1) is 27.0. The van der Waals surface area contributed by atoms with Crippen molar-refractivity contribution < 1.29 is 29.3 Å². The highest BCUT2D eigenvalue weighted by atomic mass is 35.5. The van der Waals surface area contributed by atoms with Gasteiger partial charge in [0.15, 0.2) is 0 Å². The molecule has 0 spiro atoms. The van der Waals surface area contributed by atoms with Gasteiger partial charge in [-0.05, 0) is 48.0 Å². The van der Waals surface area contributed by atoms with Gasteiger partial charge in [0.1, 0.15) is 29.6 Å². The fourth-order valence-electron chi connectivity index (χ4n) is 4.60. The molecule has 2 N–H and O–H groups in total. The zero-order valence-electron chi connectivity index (χ0n) is 21.4. The molecule has 4 aromatic carbocycles. The number of aliphatic hydroxyl groups is 2. The Morgan fingerprint density at radius 3 is 2.30 bits per heavy atom. The number of carbonyl (C=O) groups is 2. The second-order valence-electron chi connectivity index (χ2n) is 9.11. The van der Waals surface area contributed by atoms with Crippen LogP contribution < -0.4 is 9.47 Å². The van der Waals surface area contributed by atoms with Gasteiger partial charge in [0.05, 0.1) is 18.2 Å². The number of hydrogen-bond acceptors (Lipinski definition) is 6. The van der Waals surface area contributed by atoms with E-state index < -0.39 is 17.7 Å². The molecule has 202 valence electrons. The SMILES string of the molecule is O=C1C(=O)N(CCO)C(c2cccc(Oc3ccccc3)c2)/C1=C(\O)c1cccc(OCc2ccccc2Cl)c1. The maximum Gasteiger partial charge on any atom is 0.295 e. The zero-order chi connectivity index (χ0) is 28.1. The van der Waals surface area contributed by atoms with Crippen LogP contribution in [0.4, 0.5) is 0 Å². The van der Waals surface area contributed by atoms with Crippen LogP contribution in [-0.2, 0) is 16.2 Å². The molecule has 7 nitrogen and oxygen atoms in total. The molecular formula is C32H26ClNO6. The Labute approximate surface area is 236 Å². The third-order valence-electron chi connectivity index (χ3n) is 6.49. The Hall–Kier alpha value is -4.59. The van der Waals surface area contributed by atoms with Crippen molar-refractivity contribution in [2.75, 3.05) is 13.2 Å². The summed E-state index contributed by atoms with van der Waals surface area (Å²) < 4.78 is 11.8. The predicted octanol–water partition coefficient (Wildman–Crippen LogP) is 6.13. The van der Waals surface area contributed by atoms with Crippen LogP contribution in [0.5, 0.6) is 17.2 Å². The van der Waals surface area contributed by atoms with Crippen molar-refractivity contribution in [3.63, 3.8) is 0 Å². The summed E-state index contributed by atoms with van der Waals surface area (Å²) in [5.41, 5.74) is 1.57. The number of ketones is 1. The summed E-state index contributed by atoms with van der Waals surface area (Å²) in [7, 11) is 0. The standard InChI is InChI=1S/C32H26ClNO6/c33-27-15-5-4-8-23(27)20-39-25-13-7-10-22(19-25)30(36)28-29(34(16-17-35)32(38)31(28)37)21-9-6-14-26(18-21)40-24-11-2-1-3-12-24/h1-15,18-19,29,35-36H,16-17,20H2/b30-28+. The van der Waals surface area contributed by atoms with Crippen LogP contribution in [0.3, 0.4) is 0 Å². The third kappa shape index (κ3) is 5.71. The zero-order valence-corrected chi connectivity index (χ0v) is 22.1. The number of hydrogen-bond donors (Lipinski definition) is 2. The summed E-state index contributed by atoms with van der Waals surface area (Å²) in [5, 5.41) is 21.6. The number of benzene rings is 4. The minimum absolute atomic E-state index is 0.0847. The Bertz CT molecular complexity index is 1570. The topological polar surface area (TPSA) is 96.3 Å². The average molecular weight is 556 g/mol. The number of halogens is 1. The number of para-hydroxylation sites is 1. The first-order chi connectivity index (χ1) is 19.5. The molecule has 1 heterocycles. The molecule has 1 unspecified atom stereocenters. The summed E-state index contributed by atoms with van der Waals surface area (Å²) in [4.78, 5) is 27.5. The molecule has 1 aliphatic heterocycles. The number of amides is 1. The summed E-state index contributed by atoms with van der Waals surface area (Å²) in [6.07, 6.45) is 0. The normalized spacial score (nSPS) is 16.2. The van der Waals surface area contributed by atoms with Crippen LogP contribution in [0.25, 0.3) is 5.76 Å². The molecule has 1 aliphatic rings. The monoisotopic (exact) mass is 555 g/mol. The smallest absolute Gasteiger partial charge is 0.295 e. The molecule has 0 aliphatic carbocycles. The van der Waals surface area contributed by atoms with Gasteiger partial charge < -0.3 is 24.6 Å². The lowest BCUT2D eigenvalue weighted by molar-refractivity contribution is -0.140. The molecule has 1 atom stereocenters. The number of Topliss-reactive ketones (excluding diaryl/α,β-unsaturated/α-hetero) is 1. The van der Waals surface area contributed by atoms with Crippen molar-refractivity contribution in [2.24, 2.45) is 0 Å². The molecular weight excluding hydrogens is 530 g/mol. The summed E-state index contributed by atoms with van der Waals surface area (Å²) >= 11 is 6.23. The van der Waals surface area contributed by atoms with Gasteiger partial charge in [-0.15, -0.1) is 0 Å². The Kier molecular flexibility index (Phi) is 8.15. The lowest BCUT2D eigenvalue weighted by atomic mass is 9.95. The molecule has 40 heavy (non-hydrogen) atoms. The van der Waals surface area contributed by atoms with Gasteiger partial charge in [0.2, 0.25) is 0 Å². The average Bonchev–Trinajstić information content (AvgIpc) is 3.22. The maximum atomic E-state index is 13.2. The number of likely N-dealkylation sites (tertiary alicyclic amines) is 1. The van der Waals surface area contributed by atoms with Gasteiger partial charge in [-0.3, -0.25) is 9.59 Å². The van der Waals surface area contributed by atoms with E-state index in [1.165, 1.54) is 4.90 Å². The summed E-state index contributed by atoms with van der Waals surface area (Å²) in [6.45, 7) is -0.231. The minimum Gasteiger partial charge on any atom is -0.507 e. The maximum absolute atomic E-state index is 13.2. The Balaban J connectivity index is 1.50. The van der Waals surface area contributed by atoms with E-state index in [2.05, 4.69) is 0 Å². The largest absolute Gasteiger partial charge is 0.507 e. The van der Waals surface area contributed by atoms with E-state index in [-0.39, 0.29) is 31.1 Å². The van der Waals surface area contributed by atoms with E-state index in [0.29, 0.717) is 33.4 Å². The number of ether oxygens (including phenoxy) is 2. The van der Waals surface area contributed by atoms with Gasteiger partial charge in [0, 0.05) is 22.7 Å². The van der Waals surface area contributed by atoms with Crippen molar-refractivity contribution >= 4 is 29.1 Å². The van der Waals surface area contributed by atoms with Crippen molar-refractivity contribution in [3.05, 3.63) is 130 Å². The molecule has 5 rings (SSSR count). The molecule has 8 heteroatoms. The quantitative estimate of drug-likeness (QED) is 0.147. The summed E-state index contributed by atoms with van der Waals surface area (Å²) in [6, 6.07) is 29.2. The number of nitrogens with zero attached hydrogens (tertiary/aromatic N) is 1. The van der Waals surface area contributed by atoms with Gasteiger partial charge >= 0.3 is 0 Å². The highest BCUT2D eigenvalue weighted by Crippen LogP contribution is 2.40. The molecule has 0 radical (unpaired) electrons. The molecule has 1 saturated heterocycles. The van der Waals surface area contributed by atoms with Crippen LogP contribution in [0, 0.1) is 0 Å². The fourth-order valence-corrected chi connectivity index (χ4v) is 4.79.